The van der Waals surface area contributed by atoms with Crippen molar-refractivity contribution in [2.75, 3.05) is 21.3 Å². The molecule has 0 unspecified atom stereocenters. The molecule has 0 N–H and O–H groups in total. The summed E-state index contributed by atoms with van der Waals surface area (Å²) in [6.45, 7) is 0.470. The van der Waals surface area contributed by atoms with E-state index in [1.165, 1.54) is 0 Å². The van der Waals surface area contributed by atoms with E-state index in [-0.39, 0.29) is 5.91 Å². The van der Waals surface area contributed by atoms with Gasteiger partial charge in [-0.05, 0) is 68.6 Å². The van der Waals surface area contributed by atoms with Gasteiger partial charge in [0.1, 0.15) is 5.69 Å². The van der Waals surface area contributed by atoms with Gasteiger partial charge in [-0.2, -0.15) is 0 Å². The lowest BCUT2D eigenvalue weighted by atomic mass is 9.96. The molecule has 0 spiro atoms. The lowest BCUT2D eigenvalue weighted by Crippen LogP contribution is -2.28. The Balaban J connectivity index is 1.33. The van der Waals surface area contributed by atoms with Crippen LogP contribution in [-0.4, -0.2) is 41.6 Å². The van der Waals surface area contributed by atoms with Crippen LogP contribution in [0.5, 0.6) is 11.5 Å². The second kappa shape index (κ2) is 10.6. The first-order valence-corrected chi connectivity index (χ1v) is 13.1. The molecule has 1 aromatic heterocycles. The molecule has 0 aliphatic carbocycles. The van der Waals surface area contributed by atoms with Crippen LogP contribution in [0, 0.1) is 0 Å². The Hall–Kier alpha value is -5.10. The summed E-state index contributed by atoms with van der Waals surface area (Å²) < 4.78 is 12.7. The fourth-order valence-electron chi connectivity index (χ4n) is 5.29. The van der Waals surface area contributed by atoms with Gasteiger partial charge in [-0.15, -0.1) is 0 Å². The van der Waals surface area contributed by atoms with Crippen LogP contribution in [0.2, 0.25) is 0 Å². The molecule has 0 fully saturated rings. The number of carbonyl (C=O) groups is 1. The quantitative estimate of drug-likeness (QED) is 0.207. The minimum Gasteiger partial charge on any atom is -0.493 e. The zero-order valence-corrected chi connectivity index (χ0v) is 22.7. The number of rotatable bonds is 7. The number of nitrogens with zero attached hydrogens (tertiary/aromatic N) is 3. The van der Waals surface area contributed by atoms with E-state index in [1.54, 1.807) is 31.6 Å². The van der Waals surface area contributed by atoms with E-state index in [9.17, 15) is 4.79 Å². The second-order valence-electron chi connectivity index (χ2n) is 9.73. The Bertz CT molecular complexity index is 1800. The van der Waals surface area contributed by atoms with Gasteiger partial charge >= 0.3 is 0 Å². The largest absolute Gasteiger partial charge is 0.493 e. The molecular formula is C34H29N3O3. The summed E-state index contributed by atoms with van der Waals surface area (Å²) >= 11 is 0. The molecule has 1 heterocycles. The molecule has 0 saturated heterocycles. The van der Waals surface area contributed by atoms with Crippen LogP contribution in [0.25, 0.3) is 38.4 Å². The number of imidazole rings is 1. The Morgan fingerprint density at radius 2 is 1.45 bits per heavy atom. The number of ether oxygens (including phenoxy) is 2. The standard InChI is InChI=1S/C34H29N3O3/c1-36(21-30-28-13-6-4-9-25(28)17-26-10-5-7-14-29(26)30)34(38)31-20-35-22-37(31)27-12-8-11-23(18-27)24-15-16-32(39-2)33(19-24)40-3/h4-20,22H,21H2,1-3H3. The normalized spacial score (nSPS) is 11.1. The number of methoxy groups -OCH3 is 2. The SMILES string of the molecule is COc1ccc(-c2cccc(-n3cncc3C(=O)N(C)Cc3c4ccccc4cc4ccccc34)c2)cc1OC. The fourth-order valence-corrected chi connectivity index (χ4v) is 5.29. The van der Waals surface area contributed by atoms with E-state index in [0.29, 0.717) is 23.7 Å². The van der Waals surface area contributed by atoms with Gasteiger partial charge in [0.05, 0.1) is 26.7 Å². The molecule has 6 aromatic rings. The highest BCUT2D eigenvalue weighted by atomic mass is 16.5. The maximum absolute atomic E-state index is 13.8. The Labute approximate surface area is 233 Å². The highest BCUT2D eigenvalue weighted by Gasteiger charge is 2.20. The molecular weight excluding hydrogens is 498 g/mol. The monoisotopic (exact) mass is 527 g/mol. The van der Waals surface area contributed by atoms with Crippen LogP contribution in [0.1, 0.15) is 16.1 Å². The first-order chi connectivity index (χ1) is 19.6. The molecule has 0 aliphatic heterocycles. The molecule has 1 amide bonds. The molecule has 6 rings (SSSR count). The zero-order chi connectivity index (χ0) is 27.6. The van der Waals surface area contributed by atoms with E-state index in [4.69, 9.17) is 9.47 Å². The van der Waals surface area contributed by atoms with Crippen molar-refractivity contribution in [2.24, 2.45) is 0 Å². The summed E-state index contributed by atoms with van der Waals surface area (Å²) in [7, 11) is 5.09. The average Bonchev–Trinajstić information content (AvgIpc) is 3.50. The molecule has 0 bridgehead atoms. The summed E-state index contributed by atoms with van der Waals surface area (Å²) in [6.07, 6.45) is 3.31. The number of fused-ring (bicyclic) bond motifs is 2. The minimum atomic E-state index is -0.106. The summed E-state index contributed by atoms with van der Waals surface area (Å²) in [5.74, 6) is 1.23. The summed E-state index contributed by atoms with van der Waals surface area (Å²) in [5, 5.41) is 4.62. The van der Waals surface area contributed by atoms with Gasteiger partial charge in [-0.25, -0.2) is 4.98 Å². The first-order valence-electron chi connectivity index (χ1n) is 13.1. The third kappa shape index (κ3) is 4.54. The van der Waals surface area contributed by atoms with Gasteiger partial charge in [0.15, 0.2) is 11.5 Å². The van der Waals surface area contributed by atoms with Crippen molar-refractivity contribution in [3.8, 4) is 28.3 Å². The zero-order valence-electron chi connectivity index (χ0n) is 22.7. The molecule has 6 heteroatoms. The molecule has 0 radical (unpaired) electrons. The predicted molar refractivity (Wildman–Crippen MR) is 159 cm³/mol. The lowest BCUT2D eigenvalue weighted by molar-refractivity contribution is 0.0778. The van der Waals surface area contributed by atoms with Crippen molar-refractivity contribution >= 4 is 27.5 Å². The number of hydrogen-bond donors (Lipinski definition) is 0. The number of hydrogen-bond acceptors (Lipinski definition) is 4. The third-order valence-electron chi connectivity index (χ3n) is 7.32. The topological polar surface area (TPSA) is 56.6 Å². The van der Waals surface area contributed by atoms with Crippen LogP contribution < -0.4 is 9.47 Å². The average molecular weight is 528 g/mol. The van der Waals surface area contributed by atoms with Gasteiger partial charge in [-0.3, -0.25) is 9.36 Å². The van der Waals surface area contributed by atoms with E-state index >= 15 is 0 Å². The minimum absolute atomic E-state index is 0.106. The molecule has 6 nitrogen and oxygen atoms in total. The van der Waals surface area contributed by atoms with Gasteiger partial charge < -0.3 is 14.4 Å². The third-order valence-corrected chi connectivity index (χ3v) is 7.32. The van der Waals surface area contributed by atoms with Crippen molar-refractivity contribution in [2.45, 2.75) is 6.54 Å². The van der Waals surface area contributed by atoms with E-state index < -0.39 is 0 Å². The van der Waals surface area contributed by atoms with Crippen molar-refractivity contribution in [3.63, 3.8) is 0 Å². The summed E-state index contributed by atoms with van der Waals surface area (Å²) in [4.78, 5) is 19.9. The number of amides is 1. The molecule has 198 valence electrons. The van der Waals surface area contributed by atoms with Crippen molar-refractivity contribution in [1.29, 1.82) is 0 Å². The van der Waals surface area contributed by atoms with Crippen molar-refractivity contribution < 1.29 is 14.3 Å². The van der Waals surface area contributed by atoms with E-state index in [1.807, 2.05) is 78.3 Å². The van der Waals surface area contributed by atoms with Crippen LogP contribution >= 0.6 is 0 Å². The molecule has 0 atom stereocenters. The number of aromatic nitrogens is 2. The Morgan fingerprint density at radius 1 is 0.775 bits per heavy atom. The van der Waals surface area contributed by atoms with Gasteiger partial charge in [0.25, 0.3) is 5.91 Å². The Kier molecular flexibility index (Phi) is 6.66. The van der Waals surface area contributed by atoms with Gasteiger partial charge in [-0.1, -0.05) is 66.7 Å². The molecule has 5 aromatic carbocycles. The predicted octanol–water partition coefficient (Wildman–Crippen LogP) is 7.14. The Morgan fingerprint density at radius 3 is 2.15 bits per heavy atom. The summed E-state index contributed by atoms with van der Waals surface area (Å²) in [6, 6.07) is 32.7. The summed E-state index contributed by atoms with van der Waals surface area (Å²) in [5.41, 5.74) is 4.44. The molecule has 40 heavy (non-hydrogen) atoms. The van der Waals surface area contributed by atoms with Crippen molar-refractivity contribution in [3.05, 3.63) is 121 Å². The molecule has 0 saturated carbocycles. The maximum atomic E-state index is 13.8. The highest BCUT2D eigenvalue weighted by Crippen LogP contribution is 2.33. The smallest absolute Gasteiger partial charge is 0.272 e. The van der Waals surface area contributed by atoms with Crippen LogP contribution in [0.4, 0.5) is 0 Å². The number of benzene rings is 5. The second-order valence-corrected chi connectivity index (χ2v) is 9.73. The maximum Gasteiger partial charge on any atom is 0.272 e. The molecule has 0 aliphatic rings. The first kappa shape index (κ1) is 25.2. The van der Waals surface area contributed by atoms with E-state index in [2.05, 4.69) is 35.3 Å². The van der Waals surface area contributed by atoms with E-state index in [0.717, 1.165) is 43.9 Å². The lowest BCUT2D eigenvalue weighted by Gasteiger charge is -2.21. The fraction of sp³-hybridized carbons (Fsp3) is 0.118. The highest BCUT2D eigenvalue weighted by molar-refractivity contribution is 6.02. The van der Waals surface area contributed by atoms with Crippen LogP contribution in [-0.2, 0) is 6.54 Å². The van der Waals surface area contributed by atoms with Gasteiger partial charge in [0, 0.05) is 19.3 Å². The van der Waals surface area contributed by atoms with Crippen LogP contribution in [0.15, 0.2) is 110 Å². The number of carbonyl (C=O) groups excluding carboxylic acids is 1. The van der Waals surface area contributed by atoms with Crippen LogP contribution in [0.3, 0.4) is 0 Å². The van der Waals surface area contributed by atoms with Gasteiger partial charge in [0.2, 0.25) is 0 Å². The van der Waals surface area contributed by atoms with Crippen molar-refractivity contribution in [1.82, 2.24) is 14.5 Å².